The minimum Gasteiger partial charge on any atom is -0.349 e. The fourth-order valence-corrected chi connectivity index (χ4v) is 5.56. The SMILES string of the molecule is C1=C(c2ccccc2)[C@@H]2C[C@@H]3N[C@@]1(c1ccccc1)[C@@]2(c1ccccc1)O3. The molecule has 6 rings (SSSR count). The van der Waals surface area contributed by atoms with Crippen molar-refractivity contribution in [2.24, 2.45) is 5.92 Å². The van der Waals surface area contributed by atoms with E-state index in [1.807, 2.05) is 0 Å². The molecule has 132 valence electrons. The minimum atomic E-state index is -0.397. The molecule has 2 saturated heterocycles. The van der Waals surface area contributed by atoms with Crippen molar-refractivity contribution in [1.82, 2.24) is 5.32 Å². The summed E-state index contributed by atoms with van der Waals surface area (Å²) < 4.78 is 6.78. The Hall–Kier alpha value is -2.68. The second-order valence-electron chi connectivity index (χ2n) is 7.78. The monoisotopic (exact) mass is 351 g/mol. The molecule has 2 bridgehead atoms. The summed E-state index contributed by atoms with van der Waals surface area (Å²) in [7, 11) is 0. The number of fused-ring (bicyclic) bond motifs is 1. The molecular weight excluding hydrogens is 330 g/mol. The third kappa shape index (κ3) is 1.87. The first kappa shape index (κ1) is 15.4. The highest BCUT2D eigenvalue weighted by Gasteiger charge is 2.72. The van der Waals surface area contributed by atoms with Crippen LogP contribution in [-0.4, -0.2) is 6.23 Å². The number of nitrogens with one attached hydrogen (secondary N) is 1. The standard InChI is InChI=1S/C25H21NO/c1-4-10-18(11-5-1)21-17-24(19-12-6-2-7-13-19)25(20-14-8-3-9-15-20)22(21)16-23(26-24)27-25/h1-15,17,22-23,26H,16H2/t22-,23+,24-,25-/m0/s1. The minimum absolute atomic E-state index is 0.0767. The van der Waals surface area contributed by atoms with E-state index in [0.29, 0.717) is 5.92 Å². The maximum atomic E-state index is 6.78. The van der Waals surface area contributed by atoms with Gasteiger partial charge in [-0.05, 0) is 28.7 Å². The largest absolute Gasteiger partial charge is 0.349 e. The molecule has 0 radical (unpaired) electrons. The van der Waals surface area contributed by atoms with Crippen LogP contribution in [0.25, 0.3) is 5.57 Å². The molecule has 3 aromatic rings. The van der Waals surface area contributed by atoms with Crippen LogP contribution < -0.4 is 5.32 Å². The molecule has 1 aliphatic carbocycles. The van der Waals surface area contributed by atoms with Gasteiger partial charge in [0.15, 0.2) is 0 Å². The predicted molar refractivity (Wildman–Crippen MR) is 107 cm³/mol. The second-order valence-corrected chi connectivity index (χ2v) is 7.78. The summed E-state index contributed by atoms with van der Waals surface area (Å²) in [6.45, 7) is 0. The smallest absolute Gasteiger partial charge is 0.128 e. The first-order chi connectivity index (χ1) is 13.3. The van der Waals surface area contributed by atoms with E-state index in [-0.39, 0.29) is 11.8 Å². The Balaban J connectivity index is 1.64. The first-order valence-electron chi connectivity index (χ1n) is 9.68. The van der Waals surface area contributed by atoms with Gasteiger partial charge in [0.2, 0.25) is 0 Å². The van der Waals surface area contributed by atoms with Crippen LogP contribution in [0.3, 0.4) is 0 Å². The van der Waals surface area contributed by atoms with Gasteiger partial charge >= 0.3 is 0 Å². The summed E-state index contributed by atoms with van der Waals surface area (Å²) in [5.74, 6) is 0.341. The van der Waals surface area contributed by atoms with Gasteiger partial charge in [0.1, 0.15) is 11.8 Å². The van der Waals surface area contributed by atoms with Gasteiger partial charge in [-0.1, -0.05) is 97.1 Å². The predicted octanol–water partition coefficient (Wildman–Crippen LogP) is 4.84. The summed E-state index contributed by atoms with van der Waals surface area (Å²) >= 11 is 0. The highest BCUT2D eigenvalue weighted by Crippen LogP contribution is 2.67. The second kappa shape index (κ2) is 5.41. The van der Waals surface area contributed by atoms with Gasteiger partial charge in [-0.15, -0.1) is 0 Å². The average molecular weight is 351 g/mol. The molecule has 2 heterocycles. The van der Waals surface area contributed by atoms with Crippen molar-refractivity contribution in [3.63, 3.8) is 0 Å². The molecular formula is C25H21NO. The van der Waals surface area contributed by atoms with E-state index in [2.05, 4.69) is 102 Å². The Morgan fingerprint density at radius 2 is 1.33 bits per heavy atom. The zero-order chi connectivity index (χ0) is 17.9. The van der Waals surface area contributed by atoms with Gasteiger partial charge in [0, 0.05) is 5.92 Å². The van der Waals surface area contributed by atoms with Crippen molar-refractivity contribution >= 4 is 5.57 Å². The lowest BCUT2D eigenvalue weighted by Gasteiger charge is -2.43. The third-order valence-electron chi connectivity index (χ3n) is 6.53. The molecule has 2 heteroatoms. The molecule has 0 amide bonds. The molecule has 0 spiro atoms. The Bertz CT molecular complexity index is 1010. The molecule has 0 unspecified atom stereocenters. The topological polar surface area (TPSA) is 21.3 Å². The highest BCUT2D eigenvalue weighted by molar-refractivity contribution is 5.77. The van der Waals surface area contributed by atoms with Gasteiger partial charge in [-0.3, -0.25) is 5.32 Å². The van der Waals surface area contributed by atoms with Crippen LogP contribution in [0.1, 0.15) is 23.1 Å². The fraction of sp³-hybridized carbons (Fsp3) is 0.200. The summed E-state index contributed by atoms with van der Waals surface area (Å²) in [6, 6.07) is 32.3. The average Bonchev–Trinajstić information content (AvgIpc) is 3.31. The van der Waals surface area contributed by atoms with E-state index in [1.54, 1.807) is 0 Å². The molecule has 0 saturated carbocycles. The molecule has 2 fully saturated rings. The van der Waals surface area contributed by atoms with Crippen LogP contribution in [0, 0.1) is 5.92 Å². The zero-order valence-corrected chi connectivity index (χ0v) is 15.0. The van der Waals surface area contributed by atoms with Crippen molar-refractivity contribution in [3.8, 4) is 0 Å². The zero-order valence-electron chi connectivity index (χ0n) is 15.0. The highest BCUT2D eigenvalue weighted by atomic mass is 16.5. The number of hydrogen-bond donors (Lipinski definition) is 1. The molecule has 4 atom stereocenters. The van der Waals surface area contributed by atoms with E-state index < -0.39 is 5.60 Å². The fourth-order valence-electron chi connectivity index (χ4n) is 5.56. The van der Waals surface area contributed by atoms with Crippen LogP contribution in [0.2, 0.25) is 0 Å². The number of ether oxygens (including phenoxy) is 1. The van der Waals surface area contributed by atoms with Crippen molar-refractivity contribution in [1.29, 1.82) is 0 Å². The van der Waals surface area contributed by atoms with Crippen LogP contribution in [0.15, 0.2) is 97.1 Å². The van der Waals surface area contributed by atoms with Crippen LogP contribution >= 0.6 is 0 Å². The van der Waals surface area contributed by atoms with Crippen molar-refractivity contribution in [2.45, 2.75) is 23.8 Å². The van der Waals surface area contributed by atoms with Gasteiger partial charge in [-0.25, -0.2) is 0 Å². The van der Waals surface area contributed by atoms with Crippen LogP contribution in [0.4, 0.5) is 0 Å². The van der Waals surface area contributed by atoms with Crippen molar-refractivity contribution < 1.29 is 4.74 Å². The third-order valence-corrected chi connectivity index (χ3v) is 6.53. The lowest BCUT2D eigenvalue weighted by molar-refractivity contribution is -0.0226. The molecule has 27 heavy (non-hydrogen) atoms. The molecule has 0 aromatic heterocycles. The maximum absolute atomic E-state index is 6.78. The lowest BCUT2D eigenvalue weighted by atomic mass is 9.67. The van der Waals surface area contributed by atoms with Gasteiger partial charge in [0.25, 0.3) is 0 Å². The van der Waals surface area contributed by atoms with Gasteiger partial charge in [0.05, 0.1) is 5.54 Å². The Kier molecular flexibility index (Phi) is 3.09. The quantitative estimate of drug-likeness (QED) is 0.729. The van der Waals surface area contributed by atoms with Gasteiger partial charge < -0.3 is 4.74 Å². The van der Waals surface area contributed by atoms with E-state index >= 15 is 0 Å². The molecule has 3 aromatic carbocycles. The number of benzene rings is 3. The first-order valence-corrected chi connectivity index (χ1v) is 9.68. The number of hydrogen-bond acceptors (Lipinski definition) is 2. The normalized spacial score (nSPS) is 33.3. The molecule has 2 nitrogen and oxygen atoms in total. The Morgan fingerprint density at radius 3 is 2.00 bits per heavy atom. The maximum Gasteiger partial charge on any atom is 0.128 e. The summed E-state index contributed by atoms with van der Waals surface area (Å²) in [5.41, 5.74) is 4.49. The van der Waals surface area contributed by atoms with E-state index in [1.165, 1.54) is 22.3 Å². The molecule has 3 aliphatic rings. The van der Waals surface area contributed by atoms with Crippen LogP contribution in [-0.2, 0) is 15.9 Å². The van der Waals surface area contributed by atoms with Crippen LogP contribution in [0.5, 0.6) is 0 Å². The molecule has 2 aliphatic heterocycles. The summed E-state index contributed by atoms with van der Waals surface area (Å²) in [6.07, 6.45) is 3.53. The number of piperidine rings is 1. The van der Waals surface area contributed by atoms with E-state index in [9.17, 15) is 0 Å². The number of rotatable bonds is 3. The Morgan fingerprint density at radius 1 is 0.741 bits per heavy atom. The van der Waals surface area contributed by atoms with E-state index in [0.717, 1.165) is 6.42 Å². The van der Waals surface area contributed by atoms with Crippen molar-refractivity contribution in [2.75, 3.05) is 0 Å². The van der Waals surface area contributed by atoms with E-state index in [4.69, 9.17) is 4.74 Å². The van der Waals surface area contributed by atoms with Crippen molar-refractivity contribution in [3.05, 3.63) is 114 Å². The summed E-state index contributed by atoms with van der Waals surface area (Å²) in [4.78, 5) is 0. The van der Waals surface area contributed by atoms with Gasteiger partial charge in [-0.2, -0.15) is 0 Å². The lowest BCUT2D eigenvalue weighted by Crippen LogP contribution is -2.54. The summed E-state index contributed by atoms with van der Waals surface area (Å²) in [5, 5.41) is 3.85. The Labute approximate surface area is 159 Å². The molecule has 1 N–H and O–H groups in total.